The number of aromatic amines is 1. The zero-order valence-corrected chi connectivity index (χ0v) is 10.2. The summed E-state index contributed by atoms with van der Waals surface area (Å²) < 4.78 is 5.36. The van der Waals surface area contributed by atoms with Gasteiger partial charge in [0.2, 0.25) is 0 Å². The first-order valence-electron chi connectivity index (χ1n) is 6.32. The third-order valence-corrected chi connectivity index (χ3v) is 3.29. The van der Waals surface area contributed by atoms with E-state index in [1.807, 2.05) is 24.4 Å². The Labute approximate surface area is 106 Å². The number of hydrogen-bond acceptors (Lipinski definition) is 3. The van der Waals surface area contributed by atoms with Crippen molar-refractivity contribution in [2.75, 3.05) is 13.2 Å². The van der Waals surface area contributed by atoms with Gasteiger partial charge in [0.1, 0.15) is 0 Å². The van der Waals surface area contributed by atoms with Crippen molar-refractivity contribution in [2.24, 2.45) is 0 Å². The van der Waals surface area contributed by atoms with Crippen molar-refractivity contribution in [1.29, 1.82) is 0 Å². The highest BCUT2D eigenvalue weighted by atomic mass is 16.5. The van der Waals surface area contributed by atoms with Crippen molar-refractivity contribution >= 4 is 0 Å². The number of nitrogens with one attached hydrogen (secondary N) is 2. The predicted octanol–water partition coefficient (Wildman–Crippen LogP) is 1.96. The molecule has 1 unspecified atom stereocenters. The van der Waals surface area contributed by atoms with Gasteiger partial charge in [0.25, 0.3) is 0 Å². The van der Waals surface area contributed by atoms with E-state index in [2.05, 4.69) is 27.6 Å². The Bertz CT molecular complexity index is 489. The number of rotatable bonds is 4. The molecule has 2 aromatic rings. The van der Waals surface area contributed by atoms with Crippen LogP contribution in [0.1, 0.15) is 12.0 Å². The SMILES string of the molecule is c1ccc(-c2[nH]ncc2CNC2CCOC2)cc1. The predicted molar refractivity (Wildman–Crippen MR) is 70.1 cm³/mol. The highest BCUT2D eigenvalue weighted by molar-refractivity contribution is 5.62. The lowest BCUT2D eigenvalue weighted by Gasteiger charge is -2.10. The standard InChI is InChI=1S/C14H17N3O/c1-2-4-11(5-3-1)14-12(9-16-17-14)8-15-13-6-7-18-10-13/h1-5,9,13,15H,6-8,10H2,(H,16,17). The topological polar surface area (TPSA) is 49.9 Å². The maximum atomic E-state index is 5.36. The second-order valence-electron chi connectivity index (χ2n) is 4.58. The first-order valence-corrected chi connectivity index (χ1v) is 6.32. The van der Waals surface area contributed by atoms with Crippen LogP contribution in [-0.4, -0.2) is 29.5 Å². The van der Waals surface area contributed by atoms with Gasteiger partial charge in [-0.05, 0) is 12.0 Å². The third kappa shape index (κ3) is 2.44. The average molecular weight is 243 g/mol. The van der Waals surface area contributed by atoms with Gasteiger partial charge in [0, 0.05) is 24.8 Å². The third-order valence-electron chi connectivity index (χ3n) is 3.29. The van der Waals surface area contributed by atoms with Crippen molar-refractivity contribution in [1.82, 2.24) is 15.5 Å². The van der Waals surface area contributed by atoms with Crippen LogP contribution in [0.2, 0.25) is 0 Å². The first kappa shape index (κ1) is 11.4. The highest BCUT2D eigenvalue weighted by Gasteiger charge is 2.15. The van der Waals surface area contributed by atoms with Gasteiger partial charge in [0.05, 0.1) is 18.5 Å². The molecule has 2 N–H and O–H groups in total. The van der Waals surface area contributed by atoms with Crippen LogP contribution < -0.4 is 5.32 Å². The molecule has 1 aliphatic heterocycles. The minimum absolute atomic E-state index is 0.475. The van der Waals surface area contributed by atoms with Gasteiger partial charge in [-0.2, -0.15) is 5.10 Å². The van der Waals surface area contributed by atoms with Crippen molar-refractivity contribution < 1.29 is 4.74 Å². The molecule has 94 valence electrons. The first-order chi connectivity index (χ1) is 8.93. The Morgan fingerprint density at radius 2 is 2.22 bits per heavy atom. The summed E-state index contributed by atoms with van der Waals surface area (Å²) in [7, 11) is 0. The van der Waals surface area contributed by atoms with Gasteiger partial charge >= 0.3 is 0 Å². The zero-order chi connectivity index (χ0) is 12.2. The van der Waals surface area contributed by atoms with E-state index in [-0.39, 0.29) is 0 Å². The Balaban J connectivity index is 1.71. The van der Waals surface area contributed by atoms with E-state index in [4.69, 9.17) is 4.74 Å². The van der Waals surface area contributed by atoms with Crippen LogP contribution in [0.3, 0.4) is 0 Å². The summed E-state index contributed by atoms with van der Waals surface area (Å²) >= 11 is 0. The van der Waals surface area contributed by atoms with Crippen molar-refractivity contribution in [3.63, 3.8) is 0 Å². The van der Waals surface area contributed by atoms with Gasteiger partial charge in [-0.25, -0.2) is 0 Å². The van der Waals surface area contributed by atoms with E-state index in [1.54, 1.807) is 0 Å². The number of aromatic nitrogens is 2. The minimum atomic E-state index is 0.475. The molecule has 4 nitrogen and oxygen atoms in total. The molecule has 1 aromatic carbocycles. The fourth-order valence-electron chi connectivity index (χ4n) is 2.25. The summed E-state index contributed by atoms with van der Waals surface area (Å²) in [6.45, 7) is 2.52. The molecular weight excluding hydrogens is 226 g/mol. The molecule has 18 heavy (non-hydrogen) atoms. The summed E-state index contributed by atoms with van der Waals surface area (Å²) in [4.78, 5) is 0. The zero-order valence-electron chi connectivity index (χ0n) is 10.2. The molecule has 0 bridgehead atoms. The minimum Gasteiger partial charge on any atom is -0.380 e. The highest BCUT2D eigenvalue weighted by Crippen LogP contribution is 2.20. The maximum absolute atomic E-state index is 5.36. The van der Waals surface area contributed by atoms with Crippen LogP contribution >= 0.6 is 0 Å². The Hall–Kier alpha value is -1.65. The summed E-state index contributed by atoms with van der Waals surface area (Å²) in [5.41, 5.74) is 3.48. The van der Waals surface area contributed by atoms with E-state index in [9.17, 15) is 0 Å². The van der Waals surface area contributed by atoms with Crippen molar-refractivity contribution in [3.05, 3.63) is 42.1 Å². The number of nitrogens with zero attached hydrogens (tertiary/aromatic N) is 1. The van der Waals surface area contributed by atoms with Gasteiger partial charge in [-0.15, -0.1) is 0 Å². The van der Waals surface area contributed by atoms with Gasteiger partial charge < -0.3 is 10.1 Å². The summed E-state index contributed by atoms with van der Waals surface area (Å²) in [5.74, 6) is 0. The molecule has 0 spiro atoms. The lowest BCUT2D eigenvalue weighted by atomic mass is 10.1. The molecule has 1 saturated heterocycles. The largest absolute Gasteiger partial charge is 0.380 e. The molecule has 4 heteroatoms. The lowest BCUT2D eigenvalue weighted by Crippen LogP contribution is -2.28. The van der Waals surface area contributed by atoms with E-state index in [0.29, 0.717) is 6.04 Å². The molecule has 0 amide bonds. The normalized spacial score (nSPS) is 19.2. The Morgan fingerprint density at radius 3 is 3.00 bits per heavy atom. The second-order valence-corrected chi connectivity index (χ2v) is 4.58. The Kier molecular flexibility index (Phi) is 3.39. The monoisotopic (exact) mass is 243 g/mol. The molecule has 1 fully saturated rings. The molecule has 3 rings (SSSR count). The van der Waals surface area contributed by atoms with Crippen LogP contribution in [0.15, 0.2) is 36.5 Å². The summed E-state index contributed by atoms with van der Waals surface area (Å²) in [6.07, 6.45) is 2.99. The van der Waals surface area contributed by atoms with E-state index >= 15 is 0 Å². The van der Waals surface area contributed by atoms with Gasteiger partial charge in [-0.1, -0.05) is 30.3 Å². The molecule has 0 aliphatic carbocycles. The lowest BCUT2D eigenvalue weighted by molar-refractivity contribution is 0.190. The second kappa shape index (κ2) is 5.33. The van der Waals surface area contributed by atoms with Crippen LogP contribution in [0.25, 0.3) is 11.3 Å². The molecule has 1 aliphatic rings. The molecular formula is C14H17N3O. The molecule has 2 heterocycles. The average Bonchev–Trinajstić information content (AvgIpc) is 3.09. The van der Waals surface area contributed by atoms with E-state index < -0.39 is 0 Å². The fourth-order valence-corrected chi connectivity index (χ4v) is 2.25. The number of H-pyrrole nitrogens is 1. The van der Waals surface area contributed by atoms with Crippen molar-refractivity contribution in [3.8, 4) is 11.3 Å². The van der Waals surface area contributed by atoms with Crippen LogP contribution in [0.5, 0.6) is 0 Å². The summed E-state index contributed by atoms with van der Waals surface area (Å²) in [6, 6.07) is 10.8. The van der Waals surface area contributed by atoms with Crippen LogP contribution in [0.4, 0.5) is 0 Å². The Morgan fingerprint density at radius 1 is 1.33 bits per heavy atom. The van der Waals surface area contributed by atoms with E-state index in [0.717, 1.165) is 31.9 Å². The number of benzene rings is 1. The van der Waals surface area contributed by atoms with Gasteiger partial charge in [0.15, 0.2) is 0 Å². The molecule has 0 radical (unpaired) electrons. The quantitative estimate of drug-likeness (QED) is 0.863. The molecule has 1 aromatic heterocycles. The molecule has 1 atom stereocenters. The summed E-state index contributed by atoms with van der Waals surface area (Å²) in [5, 5.41) is 10.7. The molecule has 0 saturated carbocycles. The van der Waals surface area contributed by atoms with Crippen LogP contribution in [-0.2, 0) is 11.3 Å². The maximum Gasteiger partial charge on any atom is 0.0695 e. The van der Waals surface area contributed by atoms with Gasteiger partial charge in [-0.3, -0.25) is 5.10 Å². The van der Waals surface area contributed by atoms with E-state index in [1.165, 1.54) is 11.1 Å². The van der Waals surface area contributed by atoms with Crippen molar-refractivity contribution in [2.45, 2.75) is 19.0 Å². The number of ether oxygens (including phenoxy) is 1. The van der Waals surface area contributed by atoms with Crippen LogP contribution in [0, 0.1) is 0 Å². The number of hydrogen-bond donors (Lipinski definition) is 2. The smallest absolute Gasteiger partial charge is 0.0695 e. The fraction of sp³-hybridized carbons (Fsp3) is 0.357.